The van der Waals surface area contributed by atoms with Crippen LogP contribution in [0.3, 0.4) is 0 Å². The largest absolute Gasteiger partial charge is 0.462 e. The molecular weight excluding hydrogens is 541 g/mol. The molecule has 21 heteroatoms. The van der Waals surface area contributed by atoms with Crippen LogP contribution in [-0.2, 0) is 14.3 Å². The maximum Gasteiger partial charge on any atom is 0.462 e. The molecule has 0 aromatic heterocycles. The van der Waals surface area contributed by atoms with Crippen molar-refractivity contribution in [3.63, 3.8) is 0 Å². The number of hydrogen-bond acceptors (Lipinski definition) is 3. The van der Waals surface area contributed by atoms with Gasteiger partial charge in [-0.05, 0) is 13.3 Å². The molecule has 34 heavy (non-hydrogen) atoms. The molecule has 0 unspecified atom stereocenters. The summed E-state index contributed by atoms with van der Waals surface area (Å²) >= 11 is 0. The van der Waals surface area contributed by atoms with E-state index < -0.39 is 66.7 Å². The van der Waals surface area contributed by atoms with Gasteiger partial charge in [-0.25, -0.2) is 0 Å². The monoisotopic (exact) mass is 551 g/mol. The van der Waals surface area contributed by atoms with E-state index in [1.165, 1.54) is 4.74 Å². The molecule has 0 saturated heterocycles. The first-order chi connectivity index (χ1) is 14.5. The Balaban J connectivity index is 6.73. The predicted molar refractivity (Wildman–Crippen MR) is 70.7 cm³/mol. The molecule has 0 saturated carbocycles. The molecule has 4 nitrogen and oxygen atoms in total. The Bertz CT molecular complexity index is 730. The van der Waals surface area contributed by atoms with Crippen LogP contribution in [0.1, 0.15) is 20.3 Å². The third kappa shape index (κ3) is 5.70. The van der Waals surface area contributed by atoms with Gasteiger partial charge in [0.15, 0.2) is 0 Å². The normalized spacial score (nSPS) is 19.3. The van der Waals surface area contributed by atoms with E-state index in [2.05, 4.69) is 0 Å². The highest BCUT2D eigenvalue weighted by Gasteiger charge is 2.85. The molecule has 1 amide bonds. The summed E-state index contributed by atoms with van der Waals surface area (Å²) < 4.78 is 223. The molecule has 0 radical (unpaired) electrons. The Morgan fingerprint density at radius 1 is 0.676 bits per heavy atom. The second-order valence-electron chi connectivity index (χ2n) is 6.28. The van der Waals surface area contributed by atoms with Gasteiger partial charge in [0, 0.05) is 6.04 Å². The van der Waals surface area contributed by atoms with Crippen LogP contribution >= 0.6 is 0 Å². The van der Waals surface area contributed by atoms with Crippen molar-refractivity contribution in [2.75, 3.05) is 0 Å². The van der Waals surface area contributed by atoms with Gasteiger partial charge in [0.1, 0.15) is 0 Å². The number of ether oxygens (including phenoxy) is 2. The third-order valence-corrected chi connectivity index (χ3v) is 3.64. The molecule has 0 fully saturated rings. The number of amides is 1. The number of rotatable bonds is 9. The topological polar surface area (TPSA) is 47.6 Å². The van der Waals surface area contributed by atoms with E-state index in [1.54, 1.807) is 0 Å². The third-order valence-electron chi connectivity index (χ3n) is 3.64. The first kappa shape index (κ1) is 32.2. The van der Waals surface area contributed by atoms with Gasteiger partial charge < -0.3 is 5.32 Å². The van der Waals surface area contributed by atoms with Crippen molar-refractivity contribution in [3.05, 3.63) is 0 Å². The lowest BCUT2D eigenvalue weighted by atomic mass is 10.2. The predicted octanol–water partition coefficient (Wildman–Crippen LogP) is 5.77. The van der Waals surface area contributed by atoms with E-state index in [-0.39, 0.29) is 0 Å². The van der Waals surface area contributed by atoms with E-state index in [4.69, 9.17) is 0 Å². The van der Waals surface area contributed by atoms with Gasteiger partial charge in [-0.1, -0.05) is 6.92 Å². The highest BCUT2D eigenvalue weighted by Crippen LogP contribution is 2.56. The molecule has 0 aromatic carbocycles. The summed E-state index contributed by atoms with van der Waals surface area (Å²) in [6.07, 6.45) is -38.8. The van der Waals surface area contributed by atoms with E-state index in [0.29, 0.717) is 0 Å². The summed E-state index contributed by atoms with van der Waals surface area (Å²) in [4.78, 5) is 11.4. The summed E-state index contributed by atoms with van der Waals surface area (Å²) in [5.74, 6) is -26.0. The van der Waals surface area contributed by atoms with Crippen molar-refractivity contribution >= 4 is 5.91 Å². The number of carbonyl (C=O) groups is 1. The first-order valence-electron chi connectivity index (χ1n) is 7.96. The van der Waals surface area contributed by atoms with Crippen LogP contribution in [0.5, 0.6) is 0 Å². The molecule has 204 valence electrons. The molecular formula is C13H10F17NO3. The Morgan fingerprint density at radius 3 is 1.38 bits per heavy atom. The minimum Gasteiger partial charge on any atom is -0.348 e. The van der Waals surface area contributed by atoms with Gasteiger partial charge in [-0.2, -0.15) is 74.6 Å². The van der Waals surface area contributed by atoms with Crippen LogP contribution in [0.15, 0.2) is 0 Å². The van der Waals surface area contributed by atoms with Crippen molar-refractivity contribution in [1.29, 1.82) is 0 Å². The van der Waals surface area contributed by atoms with Gasteiger partial charge in [-0.3, -0.25) is 14.3 Å². The zero-order valence-corrected chi connectivity index (χ0v) is 15.9. The Hall–Kier alpha value is -1.80. The molecule has 0 bridgehead atoms. The second-order valence-corrected chi connectivity index (χ2v) is 6.28. The molecule has 0 aliphatic rings. The standard InChI is InChI=1S/C13H10F17NO3/c1-3-4(2)31-5(32)6(14,9(18,19)20)33-13(29,30)8(17,11(24,25)26)34-12(27,28)7(15,16)10(21,22)23/h4H,3H2,1-2H3,(H,31,32)/t4-,6+,8+/m0/s1. The molecule has 0 heterocycles. The molecule has 0 spiro atoms. The zero-order chi connectivity index (χ0) is 28.0. The number of halogens is 17. The van der Waals surface area contributed by atoms with Crippen molar-refractivity contribution in [2.24, 2.45) is 0 Å². The first-order valence-corrected chi connectivity index (χ1v) is 7.96. The smallest absolute Gasteiger partial charge is 0.348 e. The highest BCUT2D eigenvalue weighted by molar-refractivity contribution is 5.84. The van der Waals surface area contributed by atoms with Crippen molar-refractivity contribution in [1.82, 2.24) is 5.32 Å². The summed E-state index contributed by atoms with van der Waals surface area (Å²) in [6, 6.07) is -1.56. The molecule has 1 N–H and O–H groups in total. The number of hydrogen-bond donors (Lipinski definition) is 1. The van der Waals surface area contributed by atoms with E-state index >= 15 is 0 Å². The highest BCUT2D eigenvalue weighted by atomic mass is 19.4. The van der Waals surface area contributed by atoms with Crippen LogP contribution in [0.25, 0.3) is 0 Å². The van der Waals surface area contributed by atoms with Gasteiger partial charge in [0.25, 0.3) is 5.91 Å². The molecule has 0 aromatic rings. The average molecular weight is 551 g/mol. The SMILES string of the molecule is CC[C@H](C)NC(=O)[C@@](F)(OC(F)(F)[C@](F)(OC(F)(F)C(F)(F)C(F)(F)F)C(F)(F)F)C(F)(F)F. The van der Waals surface area contributed by atoms with Crippen molar-refractivity contribution in [3.8, 4) is 0 Å². The number of nitrogens with one attached hydrogen (secondary N) is 1. The molecule has 0 aliphatic heterocycles. The Labute approximate surface area is 176 Å². The lowest BCUT2D eigenvalue weighted by Crippen LogP contribution is -2.69. The Kier molecular flexibility index (Phi) is 8.53. The lowest BCUT2D eigenvalue weighted by molar-refractivity contribution is -0.548. The Morgan fingerprint density at radius 2 is 1.09 bits per heavy atom. The minimum absolute atomic E-state index is 0.395. The molecule has 0 rings (SSSR count). The number of alkyl halides is 17. The van der Waals surface area contributed by atoms with Crippen molar-refractivity contribution < 1.29 is 88.9 Å². The lowest BCUT2D eigenvalue weighted by Gasteiger charge is -2.40. The maximum absolute atomic E-state index is 14.1. The van der Waals surface area contributed by atoms with Crippen molar-refractivity contribution in [2.45, 2.75) is 74.7 Å². The van der Waals surface area contributed by atoms with Crippen LogP contribution in [0.2, 0.25) is 0 Å². The van der Waals surface area contributed by atoms with Crippen LogP contribution in [0.4, 0.5) is 74.6 Å². The summed E-state index contributed by atoms with van der Waals surface area (Å²) in [5.41, 5.74) is 0. The fraction of sp³-hybridized carbons (Fsp3) is 0.923. The fourth-order valence-corrected chi connectivity index (χ4v) is 1.58. The fourth-order valence-electron chi connectivity index (χ4n) is 1.58. The zero-order valence-electron chi connectivity index (χ0n) is 15.9. The summed E-state index contributed by atoms with van der Waals surface area (Å²) in [7, 11) is 0. The van der Waals surface area contributed by atoms with E-state index in [1.807, 2.05) is 4.74 Å². The maximum atomic E-state index is 14.1. The van der Waals surface area contributed by atoms with Crippen LogP contribution in [0, 0.1) is 0 Å². The summed E-state index contributed by atoms with van der Waals surface area (Å²) in [6.45, 7) is 1.84. The number of carbonyl (C=O) groups excluding carboxylic acids is 1. The summed E-state index contributed by atoms with van der Waals surface area (Å²) in [5, 5.41) is 0.928. The van der Waals surface area contributed by atoms with Gasteiger partial charge in [-0.15, -0.1) is 0 Å². The second kappa shape index (κ2) is 9.01. The van der Waals surface area contributed by atoms with Crippen LogP contribution < -0.4 is 5.32 Å². The quantitative estimate of drug-likeness (QED) is 0.371. The van der Waals surface area contributed by atoms with Gasteiger partial charge >= 0.3 is 48.4 Å². The van der Waals surface area contributed by atoms with E-state index in [0.717, 1.165) is 19.2 Å². The van der Waals surface area contributed by atoms with E-state index in [9.17, 15) is 79.4 Å². The minimum atomic E-state index is -8.02. The molecule has 3 atom stereocenters. The van der Waals surface area contributed by atoms with Gasteiger partial charge in [0.05, 0.1) is 0 Å². The molecule has 0 aliphatic carbocycles. The van der Waals surface area contributed by atoms with Gasteiger partial charge in [0.2, 0.25) is 0 Å². The van der Waals surface area contributed by atoms with Crippen LogP contribution in [-0.4, -0.2) is 60.3 Å². The average Bonchev–Trinajstić information content (AvgIpc) is 2.57.